The maximum absolute atomic E-state index is 12.6. The number of fused-ring (bicyclic) bond motifs is 1. The van der Waals surface area contributed by atoms with Crippen LogP contribution in [0.1, 0.15) is 38.2 Å². The number of carbonyl (C=O) groups excluding carboxylic acids is 2. The van der Waals surface area contributed by atoms with E-state index in [0.29, 0.717) is 24.1 Å². The van der Waals surface area contributed by atoms with Crippen molar-refractivity contribution in [2.75, 3.05) is 6.61 Å². The Bertz CT molecular complexity index is 730. The van der Waals surface area contributed by atoms with E-state index in [1.54, 1.807) is 31.2 Å². The lowest BCUT2D eigenvalue weighted by atomic mass is 9.71. The number of benzene rings is 1. The van der Waals surface area contributed by atoms with E-state index in [-0.39, 0.29) is 18.1 Å². The molecule has 5 nitrogen and oxygen atoms in total. The maximum atomic E-state index is 12.6. The number of nitrogens with one attached hydrogen (secondary N) is 1. The molecule has 0 aromatic heterocycles. The first kappa shape index (κ1) is 16.3. The van der Waals surface area contributed by atoms with Crippen molar-refractivity contribution in [1.29, 1.82) is 0 Å². The highest BCUT2D eigenvalue weighted by Gasteiger charge is 2.43. The van der Waals surface area contributed by atoms with Crippen molar-refractivity contribution in [2.45, 2.75) is 32.6 Å². The van der Waals surface area contributed by atoms with Crippen LogP contribution in [0.5, 0.6) is 5.75 Å². The number of aromatic hydroxyl groups is 1. The third-order valence-electron chi connectivity index (χ3n) is 4.56. The predicted molar refractivity (Wildman–Crippen MR) is 89.1 cm³/mol. The molecule has 0 spiro atoms. The van der Waals surface area contributed by atoms with Gasteiger partial charge in [-0.3, -0.25) is 4.79 Å². The second-order valence-corrected chi connectivity index (χ2v) is 6.10. The van der Waals surface area contributed by atoms with Crippen molar-refractivity contribution in [2.24, 2.45) is 5.92 Å². The van der Waals surface area contributed by atoms with Gasteiger partial charge in [-0.05, 0) is 38.0 Å². The molecule has 0 saturated carbocycles. The molecule has 2 N–H and O–H groups in total. The van der Waals surface area contributed by atoms with Crippen LogP contribution in [0.25, 0.3) is 0 Å². The Morgan fingerprint density at radius 3 is 2.67 bits per heavy atom. The average Bonchev–Trinajstić information content (AvgIpc) is 2.55. The SMILES string of the molecule is CCOC(=O)C1=C(C)NC2=CCCC(=O)C2C1c1ccc(O)cc1. The van der Waals surface area contributed by atoms with Gasteiger partial charge in [-0.15, -0.1) is 0 Å². The Kier molecular flexibility index (Phi) is 4.42. The Labute approximate surface area is 141 Å². The third kappa shape index (κ3) is 2.82. The smallest absolute Gasteiger partial charge is 0.336 e. The lowest BCUT2D eigenvalue weighted by Gasteiger charge is -2.37. The number of esters is 1. The Hall–Kier alpha value is -2.56. The molecule has 5 heteroatoms. The second-order valence-electron chi connectivity index (χ2n) is 6.10. The van der Waals surface area contributed by atoms with E-state index in [9.17, 15) is 14.7 Å². The molecule has 1 aliphatic heterocycles. The summed E-state index contributed by atoms with van der Waals surface area (Å²) in [6, 6.07) is 6.67. The van der Waals surface area contributed by atoms with Gasteiger partial charge in [-0.25, -0.2) is 4.79 Å². The van der Waals surface area contributed by atoms with Crippen molar-refractivity contribution in [3.8, 4) is 5.75 Å². The van der Waals surface area contributed by atoms with Crippen molar-refractivity contribution in [3.63, 3.8) is 0 Å². The Morgan fingerprint density at radius 1 is 1.29 bits per heavy atom. The standard InChI is InChI=1S/C19H21NO4/c1-3-24-19(23)16-11(2)20-14-5-4-6-15(22)18(14)17(16)12-7-9-13(21)10-8-12/h5,7-10,17-18,20-21H,3-4,6H2,1-2H3. The molecule has 0 bridgehead atoms. The van der Waals surface area contributed by atoms with Crippen LogP contribution >= 0.6 is 0 Å². The van der Waals surface area contributed by atoms with Crippen LogP contribution in [-0.2, 0) is 14.3 Å². The van der Waals surface area contributed by atoms with E-state index in [1.807, 2.05) is 13.0 Å². The summed E-state index contributed by atoms with van der Waals surface area (Å²) in [4.78, 5) is 25.1. The van der Waals surface area contributed by atoms with Crippen LogP contribution in [0.4, 0.5) is 0 Å². The molecule has 1 heterocycles. The third-order valence-corrected chi connectivity index (χ3v) is 4.56. The highest BCUT2D eigenvalue weighted by atomic mass is 16.5. The molecular formula is C19H21NO4. The zero-order valence-electron chi connectivity index (χ0n) is 13.8. The summed E-state index contributed by atoms with van der Waals surface area (Å²) in [5, 5.41) is 12.8. The molecule has 3 rings (SSSR count). The molecule has 1 aliphatic carbocycles. The van der Waals surface area contributed by atoms with Gasteiger partial charge in [0, 0.05) is 23.7 Å². The fourth-order valence-electron chi connectivity index (χ4n) is 3.53. The number of hydrogen-bond acceptors (Lipinski definition) is 5. The lowest BCUT2D eigenvalue weighted by molar-refractivity contribution is -0.139. The molecule has 126 valence electrons. The number of Topliss-reactive ketones (excluding diaryl/α,β-unsaturated/α-hetero) is 1. The summed E-state index contributed by atoms with van der Waals surface area (Å²) < 4.78 is 5.23. The summed E-state index contributed by atoms with van der Waals surface area (Å²) in [6.07, 6.45) is 3.21. The van der Waals surface area contributed by atoms with Crippen LogP contribution < -0.4 is 5.32 Å². The van der Waals surface area contributed by atoms with Crippen molar-refractivity contribution in [3.05, 3.63) is 52.9 Å². The minimum Gasteiger partial charge on any atom is -0.508 e. The normalized spacial score (nSPS) is 23.2. The first-order valence-corrected chi connectivity index (χ1v) is 8.19. The fraction of sp³-hybridized carbons (Fsp3) is 0.368. The summed E-state index contributed by atoms with van der Waals surface area (Å²) in [7, 11) is 0. The quantitative estimate of drug-likeness (QED) is 0.835. The minimum atomic E-state index is -0.411. The number of allylic oxidation sites excluding steroid dienone is 3. The van der Waals surface area contributed by atoms with Gasteiger partial charge in [0.05, 0.1) is 18.1 Å². The van der Waals surface area contributed by atoms with Crippen molar-refractivity contribution in [1.82, 2.24) is 5.32 Å². The Balaban J connectivity index is 2.14. The van der Waals surface area contributed by atoms with Crippen LogP contribution in [-0.4, -0.2) is 23.5 Å². The number of carbonyl (C=O) groups is 2. The second kappa shape index (κ2) is 6.51. The van der Waals surface area contributed by atoms with Gasteiger partial charge in [0.15, 0.2) is 0 Å². The number of ether oxygens (including phenoxy) is 1. The first-order valence-electron chi connectivity index (χ1n) is 8.19. The monoisotopic (exact) mass is 327 g/mol. The van der Waals surface area contributed by atoms with Crippen LogP contribution in [0.2, 0.25) is 0 Å². The number of phenolic OH excluding ortho intramolecular Hbond substituents is 1. The van der Waals surface area contributed by atoms with Gasteiger partial charge >= 0.3 is 5.97 Å². The molecule has 0 amide bonds. The number of hydrogen-bond donors (Lipinski definition) is 2. The highest BCUT2D eigenvalue weighted by Crippen LogP contribution is 2.44. The molecular weight excluding hydrogens is 306 g/mol. The van der Waals surface area contributed by atoms with E-state index in [0.717, 1.165) is 11.3 Å². The molecule has 2 aliphatic rings. The fourth-order valence-corrected chi connectivity index (χ4v) is 3.53. The van der Waals surface area contributed by atoms with Crippen molar-refractivity contribution < 1.29 is 19.4 Å². The molecule has 0 radical (unpaired) electrons. The van der Waals surface area contributed by atoms with Crippen molar-refractivity contribution >= 4 is 11.8 Å². The summed E-state index contributed by atoms with van der Waals surface area (Å²) >= 11 is 0. The average molecular weight is 327 g/mol. The van der Waals surface area contributed by atoms with Crippen LogP contribution in [0.15, 0.2) is 47.3 Å². The van der Waals surface area contributed by atoms with E-state index in [2.05, 4.69) is 5.32 Å². The summed E-state index contributed by atoms with van der Waals surface area (Å²) in [5.74, 6) is -0.946. The minimum absolute atomic E-state index is 0.118. The van der Waals surface area contributed by atoms with Gasteiger partial charge < -0.3 is 15.2 Å². The summed E-state index contributed by atoms with van der Waals surface area (Å²) in [6.45, 7) is 3.87. The van der Waals surface area contributed by atoms with Crippen LogP contribution in [0.3, 0.4) is 0 Å². The highest BCUT2D eigenvalue weighted by molar-refractivity contribution is 5.96. The first-order chi connectivity index (χ1) is 11.5. The van der Waals surface area contributed by atoms with E-state index in [4.69, 9.17) is 4.74 Å². The predicted octanol–water partition coefficient (Wildman–Crippen LogP) is 2.78. The number of rotatable bonds is 3. The zero-order chi connectivity index (χ0) is 17.3. The number of phenols is 1. The maximum Gasteiger partial charge on any atom is 0.336 e. The van der Waals surface area contributed by atoms with E-state index < -0.39 is 17.8 Å². The van der Waals surface area contributed by atoms with E-state index >= 15 is 0 Å². The number of ketones is 1. The largest absolute Gasteiger partial charge is 0.508 e. The molecule has 0 saturated heterocycles. The van der Waals surface area contributed by atoms with Gasteiger partial charge in [-0.1, -0.05) is 18.2 Å². The molecule has 1 aromatic carbocycles. The molecule has 24 heavy (non-hydrogen) atoms. The van der Waals surface area contributed by atoms with Gasteiger partial charge in [0.1, 0.15) is 11.5 Å². The lowest BCUT2D eigenvalue weighted by Crippen LogP contribution is -2.40. The zero-order valence-corrected chi connectivity index (χ0v) is 13.8. The van der Waals surface area contributed by atoms with E-state index in [1.165, 1.54) is 0 Å². The summed E-state index contributed by atoms with van der Waals surface area (Å²) in [5.41, 5.74) is 2.88. The molecule has 1 aromatic rings. The Morgan fingerprint density at radius 2 is 2.00 bits per heavy atom. The molecule has 2 atom stereocenters. The van der Waals surface area contributed by atoms with Gasteiger partial charge in [0.25, 0.3) is 0 Å². The van der Waals surface area contributed by atoms with Gasteiger partial charge in [0.2, 0.25) is 0 Å². The van der Waals surface area contributed by atoms with Crippen LogP contribution in [0, 0.1) is 5.92 Å². The topological polar surface area (TPSA) is 75.6 Å². The van der Waals surface area contributed by atoms with Gasteiger partial charge in [-0.2, -0.15) is 0 Å². The molecule has 2 unspecified atom stereocenters. The molecule has 0 fully saturated rings.